The lowest BCUT2D eigenvalue weighted by atomic mass is 10.2. The van der Waals surface area contributed by atoms with Gasteiger partial charge in [0.05, 0.1) is 6.21 Å². The Kier molecular flexibility index (Phi) is 7.03. The molecule has 0 aliphatic carbocycles. The molecule has 0 heterocycles. The number of nitrogens with one attached hydrogen (secondary N) is 1. The van der Waals surface area contributed by atoms with Crippen LogP contribution < -0.4 is 15.1 Å². The van der Waals surface area contributed by atoms with Crippen LogP contribution in [0.5, 0.6) is 5.75 Å². The van der Waals surface area contributed by atoms with Gasteiger partial charge in [0.2, 0.25) is 0 Å². The molecule has 6 heteroatoms. The first-order chi connectivity index (χ1) is 14.0. The number of hydrogen-bond donors (Lipinski definition) is 1. The molecule has 0 aromatic heterocycles. The molecular weight excluding hydrogens is 430 g/mol. The lowest BCUT2D eigenvalue weighted by Gasteiger charge is -2.11. The van der Waals surface area contributed by atoms with E-state index in [1.807, 2.05) is 67.5 Å². The largest absolute Gasteiger partial charge is 0.489 e. The lowest BCUT2D eigenvalue weighted by molar-refractivity contribution is 0.0955. The number of hydrazone groups is 1. The summed E-state index contributed by atoms with van der Waals surface area (Å²) in [5, 5.41) is 4.02. The van der Waals surface area contributed by atoms with Crippen molar-refractivity contribution in [2.75, 3.05) is 19.0 Å². The Morgan fingerprint density at radius 3 is 2.28 bits per heavy atom. The molecule has 0 spiro atoms. The fraction of sp³-hybridized carbons (Fsp3) is 0.130. The molecule has 1 amide bonds. The Hall–Kier alpha value is -3.12. The molecule has 0 atom stereocenters. The van der Waals surface area contributed by atoms with Crippen molar-refractivity contribution in [3.8, 4) is 5.75 Å². The predicted octanol–water partition coefficient (Wildman–Crippen LogP) is 4.86. The normalized spacial score (nSPS) is 10.7. The first-order valence-corrected chi connectivity index (χ1v) is 9.89. The summed E-state index contributed by atoms with van der Waals surface area (Å²) in [5.74, 6) is 0.430. The third kappa shape index (κ3) is 6.19. The minimum Gasteiger partial charge on any atom is -0.489 e. The van der Waals surface area contributed by atoms with E-state index in [4.69, 9.17) is 4.74 Å². The van der Waals surface area contributed by atoms with Gasteiger partial charge in [-0.2, -0.15) is 5.10 Å². The summed E-state index contributed by atoms with van der Waals surface area (Å²) in [6.07, 6.45) is 1.62. The Morgan fingerprint density at radius 1 is 1.00 bits per heavy atom. The molecular formula is C23H22BrN3O2. The quantitative estimate of drug-likeness (QED) is 0.412. The van der Waals surface area contributed by atoms with Crippen LogP contribution in [0.2, 0.25) is 0 Å². The highest BCUT2D eigenvalue weighted by Gasteiger charge is 2.05. The van der Waals surface area contributed by atoms with Crippen molar-refractivity contribution in [3.05, 3.63) is 94.0 Å². The third-order valence-corrected chi connectivity index (χ3v) is 4.75. The molecule has 0 aliphatic heterocycles. The van der Waals surface area contributed by atoms with Crippen molar-refractivity contribution in [1.82, 2.24) is 5.43 Å². The second-order valence-electron chi connectivity index (χ2n) is 6.62. The van der Waals surface area contributed by atoms with Crippen molar-refractivity contribution in [1.29, 1.82) is 0 Å². The van der Waals surface area contributed by atoms with E-state index in [-0.39, 0.29) is 5.91 Å². The van der Waals surface area contributed by atoms with Gasteiger partial charge in [0.15, 0.2) is 0 Å². The average Bonchev–Trinajstić information content (AvgIpc) is 2.74. The van der Waals surface area contributed by atoms with Crippen LogP contribution in [0.25, 0.3) is 0 Å². The maximum absolute atomic E-state index is 12.2. The highest BCUT2D eigenvalue weighted by molar-refractivity contribution is 9.10. The van der Waals surface area contributed by atoms with Gasteiger partial charge in [-0.25, -0.2) is 5.43 Å². The zero-order valence-corrected chi connectivity index (χ0v) is 17.9. The summed E-state index contributed by atoms with van der Waals surface area (Å²) in [6, 6.07) is 22.8. The molecule has 0 fully saturated rings. The van der Waals surface area contributed by atoms with E-state index in [1.54, 1.807) is 30.5 Å². The van der Waals surface area contributed by atoms with E-state index in [9.17, 15) is 4.79 Å². The molecule has 29 heavy (non-hydrogen) atoms. The van der Waals surface area contributed by atoms with Gasteiger partial charge < -0.3 is 9.64 Å². The molecule has 0 saturated heterocycles. The fourth-order valence-electron chi connectivity index (χ4n) is 2.54. The minimum absolute atomic E-state index is 0.273. The van der Waals surface area contributed by atoms with E-state index < -0.39 is 0 Å². The van der Waals surface area contributed by atoms with Gasteiger partial charge in [0.25, 0.3) is 5.91 Å². The van der Waals surface area contributed by atoms with E-state index >= 15 is 0 Å². The molecule has 3 aromatic rings. The lowest BCUT2D eigenvalue weighted by Crippen LogP contribution is -2.17. The number of ether oxygens (including phenoxy) is 1. The second kappa shape index (κ2) is 9.89. The van der Waals surface area contributed by atoms with Crippen molar-refractivity contribution in [3.63, 3.8) is 0 Å². The Balaban J connectivity index is 1.51. The van der Waals surface area contributed by atoms with Gasteiger partial charge in [-0.05, 0) is 59.7 Å². The summed E-state index contributed by atoms with van der Waals surface area (Å²) in [5.41, 5.74) is 6.14. The first kappa shape index (κ1) is 20.6. The number of carbonyl (C=O) groups excluding carboxylic acids is 1. The topological polar surface area (TPSA) is 53.9 Å². The van der Waals surface area contributed by atoms with Gasteiger partial charge in [0.1, 0.15) is 12.4 Å². The number of carbonyl (C=O) groups is 1. The standard InChI is InChI=1S/C23H22BrN3O2/c1-27(2)21-11-5-17(6-12-21)15-25-26-23(28)19-7-13-22(14-8-19)29-16-18-3-9-20(24)10-4-18/h3-15H,16H2,1-2H3,(H,26,28)/b25-15+. The van der Waals surface area contributed by atoms with Crippen molar-refractivity contribution in [2.45, 2.75) is 6.61 Å². The van der Waals surface area contributed by atoms with Gasteiger partial charge in [-0.3, -0.25) is 4.79 Å². The maximum atomic E-state index is 12.2. The van der Waals surface area contributed by atoms with Crippen LogP contribution >= 0.6 is 15.9 Å². The molecule has 0 bridgehead atoms. The monoisotopic (exact) mass is 451 g/mol. The number of halogens is 1. The number of amides is 1. The number of rotatable bonds is 7. The fourth-order valence-corrected chi connectivity index (χ4v) is 2.80. The Bertz CT molecular complexity index is 967. The SMILES string of the molecule is CN(C)c1ccc(/C=N/NC(=O)c2ccc(OCc3ccc(Br)cc3)cc2)cc1. The molecule has 0 unspecified atom stereocenters. The maximum Gasteiger partial charge on any atom is 0.271 e. The Morgan fingerprint density at radius 2 is 1.66 bits per heavy atom. The van der Waals surface area contributed by atoms with Crippen LogP contribution in [-0.2, 0) is 6.61 Å². The van der Waals surface area contributed by atoms with E-state index in [0.29, 0.717) is 17.9 Å². The molecule has 3 rings (SSSR count). The third-order valence-electron chi connectivity index (χ3n) is 4.22. The van der Waals surface area contributed by atoms with Crippen molar-refractivity contribution < 1.29 is 9.53 Å². The zero-order chi connectivity index (χ0) is 20.6. The van der Waals surface area contributed by atoms with Crippen LogP contribution in [0.3, 0.4) is 0 Å². The molecule has 0 radical (unpaired) electrons. The molecule has 1 N–H and O–H groups in total. The minimum atomic E-state index is -0.273. The first-order valence-electron chi connectivity index (χ1n) is 9.09. The van der Waals surface area contributed by atoms with Gasteiger partial charge >= 0.3 is 0 Å². The Labute approximate surface area is 179 Å². The van der Waals surface area contributed by atoms with E-state index in [2.05, 4.69) is 26.5 Å². The van der Waals surface area contributed by atoms with Crippen LogP contribution in [-0.4, -0.2) is 26.2 Å². The average molecular weight is 452 g/mol. The number of benzene rings is 3. The predicted molar refractivity (Wildman–Crippen MR) is 121 cm³/mol. The molecule has 0 aliphatic rings. The summed E-state index contributed by atoms with van der Waals surface area (Å²) in [6.45, 7) is 0.468. The summed E-state index contributed by atoms with van der Waals surface area (Å²) in [7, 11) is 3.97. The number of nitrogens with zero attached hydrogens (tertiary/aromatic N) is 2. The second-order valence-corrected chi connectivity index (χ2v) is 7.54. The molecule has 148 valence electrons. The molecule has 0 saturated carbocycles. The number of anilines is 1. The van der Waals surface area contributed by atoms with Crippen LogP contribution in [0, 0.1) is 0 Å². The number of hydrogen-bond acceptors (Lipinski definition) is 4. The van der Waals surface area contributed by atoms with Gasteiger partial charge in [-0.15, -0.1) is 0 Å². The zero-order valence-electron chi connectivity index (χ0n) is 16.3. The highest BCUT2D eigenvalue weighted by atomic mass is 79.9. The smallest absolute Gasteiger partial charge is 0.271 e. The van der Waals surface area contributed by atoms with Crippen LogP contribution in [0.1, 0.15) is 21.5 Å². The van der Waals surface area contributed by atoms with E-state index in [1.165, 1.54) is 0 Å². The summed E-state index contributed by atoms with van der Waals surface area (Å²) in [4.78, 5) is 14.2. The summed E-state index contributed by atoms with van der Waals surface area (Å²) >= 11 is 3.41. The van der Waals surface area contributed by atoms with Crippen molar-refractivity contribution >= 4 is 33.7 Å². The van der Waals surface area contributed by atoms with Gasteiger partial charge in [0, 0.05) is 29.8 Å². The summed E-state index contributed by atoms with van der Waals surface area (Å²) < 4.78 is 6.78. The molecule has 3 aromatic carbocycles. The van der Waals surface area contributed by atoms with E-state index in [0.717, 1.165) is 21.3 Å². The molecule has 5 nitrogen and oxygen atoms in total. The van der Waals surface area contributed by atoms with Crippen molar-refractivity contribution in [2.24, 2.45) is 5.10 Å². The van der Waals surface area contributed by atoms with Gasteiger partial charge in [-0.1, -0.05) is 40.2 Å². The van der Waals surface area contributed by atoms with Crippen LogP contribution in [0.4, 0.5) is 5.69 Å². The highest BCUT2D eigenvalue weighted by Crippen LogP contribution is 2.16. The van der Waals surface area contributed by atoms with Crippen LogP contribution in [0.15, 0.2) is 82.4 Å².